The Hall–Kier alpha value is -1.46. The van der Waals surface area contributed by atoms with Crippen LogP contribution < -0.4 is 5.73 Å². The van der Waals surface area contributed by atoms with Gasteiger partial charge in [0.05, 0.1) is 6.04 Å². The molecule has 0 amide bonds. The van der Waals surface area contributed by atoms with Crippen LogP contribution in [0.25, 0.3) is 5.65 Å². The Bertz CT molecular complexity index is 547. The summed E-state index contributed by atoms with van der Waals surface area (Å²) in [5.74, 6) is 1.06. The number of hydrogen-bond acceptors (Lipinski definition) is 4. The Morgan fingerprint density at radius 3 is 3.11 bits per heavy atom. The largest absolute Gasteiger partial charge is 0.326 e. The minimum Gasteiger partial charge on any atom is -0.326 e. The molecule has 2 aromatic rings. The fourth-order valence-corrected chi connectivity index (χ4v) is 2.87. The molecule has 96 valence electrons. The molecule has 1 aliphatic heterocycles. The van der Waals surface area contributed by atoms with E-state index in [0.717, 1.165) is 30.1 Å². The van der Waals surface area contributed by atoms with Crippen LogP contribution >= 0.6 is 0 Å². The summed E-state index contributed by atoms with van der Waals surface area (Å²) in [6.45, 7) is 4.93. The fourth-order valence-electron chi connectivity index (χ4n) is 2.87. The van der Waals surface area contributed by atoms with Gasteiger partial charge in [-0.25, -0.2) is 0 Å². The first-order valence-corrected chi connectivity index (χ1v) is 6.61. The summed E-state index contributed by atoms with van der Waals surface area (Å²) in [6, 6.07) is 4.44. The highest BCUT2D eigenvalue weighted by molar-refractivity contribution is 5.47. The number of nitrogens with two attached hydrogens (primary N) is 1. The molecular weight excluding hydrogens is 226 g/mol. The van der Waals surface area contributed by atoms with Gasteiger partial charge in [0.15, 0.2) is 11.5 Å². The molecule has 1 saturated heterocycles. The minimum atomic E-state index is 0.401. The van der Waals surface area contributed by atoms with E-state index in [-0.39, 0.29) is 0 Å². The molecule has 1 unspecified atom stereocenters. The lowest BCUT2D eigenvalue weighted by Crippen LogP contribution is -2.24. The number of rotatable bonds is 3. The molecule has 0 spiro atoms. The predicted molar refractivity (Wildman–Crippen MR) is 70.1 cm³/mol. The van der Waals surface area contributed by atoms with Gasteiger partial charge in [0.25, 0.3) is 0 Å². The molecule has 0 radical (unpaired) electrons. The van der Waals surface area contributed by atoms with Gasteiger partial charge in [0.2, 0.25) is 0 Å². The normalized spacial score (nSPS) is 20.9. The number of fused-ring (bicyclic) bond motifs is 1. The van der Waals surface area contributed by atoms with Crippen molar-refractivity contribution in [3.05, 3.63) is 29.7 Å². The van der Waals surface area contributed by atoms with Crippen molar-refractivity contribution in [3.63, 3.8) is 0 Å². The van der Waals surface area contributed by atoms with Crippen molar-refractivity contribution in [2.45, 2.75) is 32.4 Å². The summed E-state index contributed by atoms with van der Waals surface area (Å²) in [4.78, 5) is 2.46. The SMILES string of the molecule is CCN1CCCC1c1nnc2c(CN)cccn12. The Morgan fingerprint density at radius 2 is 2.33 bits per heavy atom. The highest BCUT2D eigenvalue weighted by Crippen LogP contribution is 2.30. The standard InChI is InChI=1S/C13H19N5/c1-2-17-7-4-6-11(17)13-16-15-12-10(9-14)5-3-8-18(12)13/h3,5,8,11H,2,4,6-7,9,14H2,1H3. The maximum absolute atomic E-state index is 5.74. The van der Waals surface area contributed by atoms with E-state index < -0.39 is 0 Å². The quantitative estimate of drug-likeness (QED) is 0.886. The lowest BCUT2D eigenvalue weighted by Gasteiger charge is -2.21. The van der Waals surface area contributed by atoms with Crippen LogP contribution in [-0.4, -0.2) is 32.6 Å². The molecule has 1 atom stereocenters. The van der Waals surface area contributed by atoms with Crippen LogP contribution in [0.3, 0.4) is 0 Å². The molecule has 3 rings (SSSR count). The lowest BCUT2D eigenvalue weighted by molar-refractivity contribution is 0.261. The zero-order chi connectivity index (χ0) is 12.5. The molecule has 0 aliphatic carbocycles. The van der Waals surface area contributed by atoms with E-state index in [1.165, 1.54) is 12.8 Å². The van der Waals surface area contributed by atoms with Gasteiger partial charge in [0, 0.05) is 18.3 Å². The number of likely N-dealkylation sites (tertiary alicyclic amines) is 1. The summed E-state index contributed by atoms with van der Waals surface area (Å²) < 4.78 is 2.10. The van der Waals surface area contributed by atoms with Crippen molar-refractivity contribution in [2.75, 3.05) is 13.1 Å². The first-order chi connectivity index (χ1) is 8.85. The minimum absolute atomic E-state index is 0.401. The van der Waals surface area contributed by atoms with Gasteiger partial charge in [-0.3, -0.25) is 9.30 Å². The van der Waals surface area contributed by atoms with Crippen molar-refractivity contribution in [1.29, 1.82) is 0 Å². The second-order valence-electron chi connectivity index (χ2n) is 4.78. The number of hydrogen-bond donors (Lipinski definition) is 1. The topological polar surface area (TPSA) is 59.5 Å². The third-order valence-electron chi connectivity index (χ3n) is 3.83. The maximum atomic E-state index is 5.74. The van der Waals surface area contributed by atoms with Crippen LogP contribution in [0.15, 0.2) is 18.3 Å². The van der Waals surface area contributed by atoms with Crippen LogP contribution in [0.5, 0.6) is 0 Å². The summed E-state index contributed by atoms with van der Waals surface area (Å²) in [5.41, 5.74) is 7.69. The van der Waals surface area contributed by atoms with E-state index in [4.69, 9.17) is 5.73 Å². The Morgan fingerprint density at radius 1 is 1.44 bits per heavy atom. The van der Waals surface area contributed by atoms with Gasteiger partial charge in [-0.2, -0.15) is 0 Å². The van der Waals surface area contributed by atoms with Crippen LogP contribution in [0.4, 0.5) is 0 Å². The summed E-state index contributed by atoms with van der Waals surface area (Å²) in [7, 11) is 0. The van der Waals surface area contributed by atoms with E-state index in [1.807, 2.05) is 18.3 Å². The monoisotopic (exact) mass is 245 g/mol. The molecule has 5 heteroatoms. The van der Waals surface area contributed by atoms with Crippen molar-refractivity contribution in [3.8, 4) is 0 Å². The zero-order valence-corrected chi connectivity index (χ0v) is 10.7. The average Bonchev–Trinajstić information content (AvgIpc) is 3.03. The van der Waals surface area contributed by atoms with E-state index >= 15 is 0 Å². The first kappa shape index (κ1) is 11.6. The van der Waals surface area contributed by atoms with Crippen LogP contribution in [-0.2, 0) is 6.54 Å². The van der Waals surface area contributed by atoms with Crippen molar-refractivity contribution in [2.24, 2.45) is 5.73 Å². The van der Waals surface area contributed by atoms with Gasteiger partial charge in [-0.15, -0.1) is 10.2 Å². The van der Waals surface area contributed by atoms with Gasteiger partial charge in [-0.1, -0.05) is 13.0 Å². The van der Waals surface area contributed by atoms with E-state index in [9.17, 15) is 0 Å². The third-order valence-corrected chi connectivity index (χ3v) is 3.83. The van der Waals surface area contributed by atoms with E-state index in [1.54, 1.807) is 0 Å². The van der Waals surface area contributed by atoms with Gasteiger partial charge < -0.3 is 5.73 Å². The van der Waals surface area contributed by atoms with Crippen LogP contribution in [0.1, 0.15) is 37.2 Å². The molecule has 0 bridgehead atoms. The highest BCUT2D eigenvalue weighted by Gasteiger charge is 2.28. The fraction of sp³-hybridized carbons (Fsp3) is 0.538. The van der Waals surface area contributed by atoms with Gasteiger partial charge in [0.1, 0.15) is 0 Å². The summed E-state index contributed by atoms with van der Waals surface area (Å²) in [5, 5.41) is 8.71. The molecule has 1 aliphatic rings. The van der Waals surface area contributed by atoms with Gasteiger partial charge in [-0.05, 0) is 32.0 Å². The van der Waals surface area contributed by atoms with Crippen molar-refractivity contribution < 1.29 is 0 Å². The first-order valence-electron chi connectivity index (χ1n) is 6.61. The van der Waals surface area contributed by atoms with Crippen LogP contribution in [0, 0.1) is 0 Å². The van der Waals surface area contributed by atoms with Crippen molar-refractivity contribution in [1.82, 2.24) is 19.5 Å². The molecule has 2 N–H and O–H groups in total. The molecule has 0 saturated carbocycles. The number of pyridine rings is 1. The summed E-state index contributed by atoms with van der Waals surface area (Å²) >= 11 is 0. The molecule has 0 aromatic carbocycles. The zero-order valence-electron chi connectivity index (χ0n) is 10.7. The molecule has 3 heterocycles. The smallest absolute Gasteiger partial charge is 0.165 e. The predicted octanol–water partition coefficient (Wildman–Crippen LogP) is 1.34. The van der Waals surface area contributed by atoms with E-state index in [0.29, 0.717) is 12.6 Å². The third kappa shape index (κ3) is 1.71. The number of aromatic nitrogens is 3. The molecular formula is C13H19N5. The number of nitrogens with zero attached hydrogens (tertiary/aromatic N) is 4. The lowest BCUT2D eigenvalue weighted by atomic mass is 10.2. The van der Waals surface area contributed by atoms with Crippen molar-refractivity contribution >= 4 is 5.65 Å². The molecule has 5 nitrogen and oxygen atoms in total. The molecule has 18 heavy (non-hydrogen) atoms. The molecule has 1 fully saturated rings. The Balaban J connectivity index is 2.07. The second kappa shape index (κ2) is 4.66. The second-order valence-corrected chi connectivity index (χ2v) is 4.78. The Kier molecular flexibility index (Phi) is 3.01. The highest BCUT2D eigenvalue weighted by atomic mass is 15.3. The Labute approximate surface area is 107 Å². The van der Waals surface area contributed by atoms with E-state index in [2.05, 4.69) is 26.4 Å². The average molecular weight is 245 g/mol. The summed E-state index contributed by atoms with van der Waals surface area (Å²) in [6.07, 6.45) is 4.45. The maximum Gasteiger partial charge on any atom is 0.165 e. The molecule has 2 aromatic heterocycles. The van der Waals surface area contributed by atoms with Gasteiger partial charge >= 0.3 is 0 Å². The van der Waals surface area contributed by atoms with Crippen LogP contribution in [0.2, 0.25) is 0 Å².